The topological polar surface area (TPSA) is 96.0 Å². The average molecular weight is 279 g/mol. The SMILES string of the molecule is CN(CCCC(C)(C)C(N)=NO)CCS(C)(=O)=O. The quantitative estimate of drug-likeness (QED) is 0.292. The Hall–Kier alpha value is -0.820. The van der Waals surface area contributed by atoms with Gasteiger partial charge in [-0.3, -0.25) is 0 Å². The molecule has 0 aromatic heterocycles. The molecule has 0 atom stereocenters. The van der Waals surface area contributed by atoms with E-state index in [1.54, 1.807) is 0 Å². The molecule has 0 unspecified atom stereocenters. The van der Waals surface area contributed by atoms with Crippen molar-refractivity contribution in [3.05, 3.63) is 0 Å². The maximum absolute atomic E-state index is 11.0. The van der Waals surface area contributed by atoms with Gasteiger partial charge in [0.15, 0.2) is 0 Å². The average Bonchev–Trinajstić information content (AvgIpc) is 2.24. The Morgan fingerprint density at radius 1 is 1.39 bits per heavy atom. The zero-order valence-electron chi connectivity index (χ0n) is 11.7. The van der Waals surface area contributed by atoms with E-state index in [4.69, 9.17) is 10.9 Å². The number of hydrogen-bond donors (Lipinski definition) is 2. The smallest absolute Gasteiger partial charge is 0.148 e. The predicted octanol–water partition coefficient (Wildman–Crippen LogP) is 0.516. The molecule has 18 heavy (non-hydrogen) atoms. The highest BCUT2D eigenvalue weighted by Gasteiger charge is 2.23. The fourth-order valence-electron chi connectivity index (χ4n) is 1.49. The lowest BCUT2D eigenvalue weighted by Gasteiger charge is -2.24. The van der Waals surface area contributed by atoms with Crippen LogP contribution >= 0.6 is 0 Å². The van der Waals surface area contributed by atoms with E-state index in [-0.39, 0.29) is 17.0 Å². The molecule has 0 saturated carbocycles. The summed E-state index contributed by atoms with van der Waals surface area (Å²) in [7, 11) is -1.01. The van der Waals surface area contributed by atoms with Crippen LogP contribution in [0.25, 0.3) is 0 Å². The Labute approximate surface area is 110 Å². The Bertz CT molecular complexity index is 377. The molecule has 0 heterocycles. The van der Waals surface area contributed by atoms with Crippen LogP contribution in [0.1, 0.15) is 26.7 Å². The number of rotatable bonds is 8. The monoisotopic (exact) mass is 279 g/mol. The van der Waals surface area contributed by atoms with Crippen molar-refractivity contribution in [2.24, 2.45) is 16.3 Å². The summed E-state index contributed by atoms with van der Waals surface area (Å²) in [6.45, 7) is 5.15. The molecule has 7 heteroatoms. The Morgan fingerprint density at radius 2 is 1.94 bits per heavy atom. The van der Waals surface area contributed by atoms with Crippen molar-refractivity contribution in [2.75, 3.05) is 32.1 Å². The third-order valence-electron chi connectivity index (χ3n) is 2.99. The predicted molar refractivity (Wildman–Crippen MR) is 73.6 cm³/mol. The number of amidine groups is 1. The molecule has 0 aromatic carbocycles. The van der Waals surface area contributed by atoms with E-state index in [1.165, 1.54) is 6.26 Å². The van der Waals surface area contributed by atoms with Gasteiger partial charge in [0.1, 0.15) is 15.7 Å². The molecule has 108 valence electrons. The van der Waals surface area contributed by atoms with Crippen molar-refractivity contribution < 1.29 is 13.6 Å². The van der Waals surface area contributed by atoms with Crippen molar-refractivity contribution in [3.8, 4) is 0 Å². The van der Waals surface area contributed by atoms with Crippen molar-refractivity contribution in [2.45, 2.75) is 26.7 Å². The number of nitrogens with zero attached hydrogens (tertiary/aromatic N) is 2. The highest BCUT2D eigenvalue weighted by Crippen LogP contribution is 2.22. The zero-order chi connectivity index (χ0) is 14.4. The highest BCUT2D eigenvalue weighted by molar-refractivity contribution is 7.90. The van der Waals surface area contributed by atoms with Gasteiger partial charge in [0, 0.05) is 18.2 Å². The molecule has 0 rings (SSSR count). The lowest BCUT2D eigenvalue weighted by atomic mass is 9.86. The van der Waals surface area contributed by atoms with E-state index in [1.807, 2.05) is 25.8 Å². The molecule has 0 aliphatic rings. The van der Waals surface area contributed by atoms with Crippen molar-refractivity contribution in [3.63, 3.8) is 0 Å². The molecule has 3 N–H and O–H groups in total. The molecule has 0 saturated heterocycles. The first-order valence-corrected chi connectivity index (χ1v) is 7.99. The lowest BCUT2D eigenvalue weighted by Crippen LogP contribution is -2.33. The van der Waals surface area contributed by atoms with Gasteiger partial charge in [-0.2, -0.15) is 0 Å². The Kier molecular flexibility index (Phi) is 6.62. The summed E-state index contributed by atoms with van der Waals surface area (Å²) >= 11 is 0. The van der Waals surface area contributed by atoms with Crippen LogP contribution in [0.2, 0.25) is 0 Å². The maximum atomic E-state index is 11.0. The van der Waals surface area contributed by atoms with Crippen molar-refractivity contribution >= 4 is 15.7 Å². The van der Waals surface area contributed by atoms with Gasteiger partial charge >= 0.3 is 0 Å². The fourth-order valence-corrected chi connectivity index (χ4v) is 2.13. The summed E-state index contributed by atoms with van der Waals surface area (Å²) in [5, 5.41) is 11.7. The van der Waals surface area contributed by atoms with Gasteiger partial charge in [0.25, 0.3) is 0 Å². The van der Waals surface area contributed by atoms with Gasteiger partial charge in [-0.1, -0.05) is 19.0 Å². The maximum Gasteiger partial charge on any atom is 0.148 e. The van der Waals surface area contributed by atoms with E-state index in [0.29, 0.717) is 6.54 Å². The first-order chi connectivity index (χ1) is 8.08. The van der Waals surface area contributed by atoms with E-state index in [2.05, 4.69) is 5.16 Å². The van der Waals surface area contributed by atoms with E-state index < -0.39 is 9.84 Å². The van der Waals surface area contributed by atoms with Crippen LogP contribution in [0.5, 0.6) is 0 Å². The van der Waals surface area contributed by atoms with Crippen LogP contribution in [0.3, 0.4) is 0 Å². The molecule has 0 spiro atoms. The largest absolute Gasteiger partial charge is 0.409 e. The minimum absolute atomic E-state index is 0.174. The number of oxime groups is 1. The van der Waals surface area contributed by atoms with Crippen LogP contribution in [-0.2, 0) is 9.84 Å². The molecule has 6 nitrogen and oxygen atoms in total. The van der Waals surface area contributed by atoms with E-state index in [9.17, 15) is 8.42 Å². The van der Waals surface area contributed by atoms with Crippen LogP contribution in [0.15, 0.2) is 5.16 Å². The zero-order valence-corrected chi connectivity index (χ0v) is 12.5. The van der Waals surface area contributed by atoms with Crippen LogP contribution in [0, 0.1) is 5.41 Å². The third kappa shape index (κ3) is 7.50. The summed E-state index contributed by atoms with van der Waals surface area (Å²) in [6.07, 6.45) is 2.89. The first-order valence-electron chi connectivity index (χ1n) is 5.93. The standard InChI is InChI=1S/C11H25N3O3S/c1-11(2,10(12)13-15)6-5-7-14(3)8-9-18(4,16)17/h15H,5-9H2,1-4H3,(H2,12,13). The molecular weight excluding hydrogens is 254 g/mol. The van der Waals surface area contributed by atoms with Gasteiger partial charge in [-0.05, 0) is 26.4 Å². The molecule has 0 bridgehead atoms. The second-order valence-corrected chi connectivity index (χ2v) is 7.67. The normalized spacial score (nSPS) is 14.2. The molecule has 0 radical (unpaired) electrons. The summed E-state index contributed by atoms with van der Waals surface area (Å²) in [4.78, 5) is 1.98. The minimum Gasteiger partial charge on any atom is -0.409 e. The summed E-state index contributed by atoms with van der Waals surface area (Å²) in [5.41, 5.74) is 5.25. The van der Waals surface area contributed by atoms with Crippen LogP contribution in [0.4, 0.5) is 0 Å². The Morgan fingerprint density at radius 3 is 2.39 bits per heavy atom. The molecule has 0 aliphatic heterocycles. The van der Waals surface area contributed by atoms with Crippen molar-refractivity contribution in [1.29, 1.82) is 0 Å². The molecule has 0 aliphatic carbocycles. The molecule has 0 fully saturated rings. The van der Waals surface area contributed by atoms with E-state index >= 15 is 0 Å². The van der Waals surface area contributed by atoms with Gasteiger partial charge in [0.2, 0.25) is 0 Å². The van der Waals surface area contributed by atoms with Gasteiger partial charge < -0.3 is 15.8 Å². The molecule has 0 aromatic rings. The summed E-state index contributed by atoms with van der Waals surface area (Å²) in [6, 6.07) is 0. The molecule has 0 amide bonds. The number of hydrogen-bond acceptors (Lipinski definition) is 5. The van der Waals surface area contributed by atoms with Crippen LogP contribution in [-0.4, -0.2) is 56.5 Å². The number of sulfone groups is 1. The Balaban J connectivity index is 3.98. The first kappa shape index (κ1) is 17.2. The summed E-state index contributed by atoms with van der Waals surface area (Å²) < 4.78 is 22.0. The second-order valence-electron chi connectivity index (χ2n) is 5.41. The number of nitrogens with two attached hydrogens (primary N) is 1. The second kappa shape index (κ2) is 6.94. The van der Waals surface area contributed by atoms with Gasteiger partial charge in [0.05, 0.1) is 5.75 Å². The fraction of sp³-hybridized carbons (Fsp3) is 0.909. The minimum atomic E-state index is -2.90. The van der Waals surface area contributed by atoms with Crippen LogP contribution < -0.4 is 5.73 Å². The van der Waals surface area contributed by atoms with Gasteiger partial charge in [-0.25, -0.2) is 8.42 Å². The third-order valence-corrected chi connectivity index (χ3v) is 3.91. The highest BCUT2D eigenvalue weighted by atomic mass is 32.2. The van der Waals surface area contributed by atoms with E-state index in [0.717, 1.165) is 19.4 Å². The lowest BCUT2D eigenvalue weighted by molar-refractivity contribution is 0.295. The van der Waals surface area contributed by atoms with Crippen molar-refractivity contribution in [1.82, 2.24) is 4.90 Å². The van der Waals surface area contributed by atoms with Gasteiger partial charge in [-0.15, -0.1) is 0 Å². The summed E-state index contributed by atoms with van der Waals surface area (Å²) in [5.74, 6) is 0.397. The molecular formula is C11H25N3O3S.